The Kier molecular flexibility index (Phi) is 7.09. The van der Waals surface area contributed by atoms with Gasteiger partial charge in [0.05, 0.1) is 12.3 Å². The van der Waals surface area contributed by atoms with Gasteiger partial charge in [0.15, 0.2) is 0 Å². The van der Waals surface area contributed by atoms with E-state index in [0.29, 0.717) is 0 Å². The summed E-state index contributed by atoms with van der Waals surface area (Å²) in [4.78, 5) is 11.1. The van der Waals surface area contributed by atoms with Crippen LogP contribution in [0.25, 0.3) is 6.08 Å². The first-order chi connectivity index (χ1) is 9.84. The van der Waals surface area contributed by atoms with Gasteiger partial charge in [-0.25, -0.2) is 0 Å². The number of rotatable bonds is 2. The molecule has 3 rings (SSSR count). The number of benzene rings is 1. The number of nitrogens with zero attached hydrogens (tertiary/aromatic N) is 3. The Labute approximate surface area is 143 Å². The van der Waals surface area contributed by atoms with Crippen molar-refractivity contribution in [3.05, 3.63) is 66.0 Å². The third-order valence-electron chi connectivity index (χ3n) is 3.43. The number of aliphatic imine (C=N–C) groups is 1. The minimum Gasteiger partial charge on any atom is -0.372 e. The third-order valence-corrected chi connectivity index (χ3v) is 3.43. The first-order valence-corrected chi connectivity index (χ1v) is 6.78. The number of hydrogen-bond acceptors (Lipinski definition) is 3. The second-order valence-corrected chi connectivity index (χ2v) is 4.83. The molecule has 0 fully saturated rings. The molecule has 116 valence electrons. The summed E-state index contributed by atoms with van der Waals surface area (Å²) in [7, 11) is 2.11. The van der Waals surface area contributed by atoms with Gasteiger partial charge in [-0.1, -0.05) is 30.3 Å². The second-order valence-electron chi connectivity index (χ2n) is 4.83. The average molecular weight is 336 g/mol. The van der Waals surface area contributed by atoms with Crippen molar-refractivity contribution in [3.63, 3.8) is 0 Å². The molecule has 2 aromatic rings. The first-order valence-electron chi connectivity index (χ1n) is 6.78. The predicted octanol–water partition coefficient (Wildman–Crippen LogP) is 3.88. The molecule has 1 aromatic carbocycles. The minimum absolute atomic E-state index is 0. The van der Waals surface area contributed by atoms with Crippen LogP contribution in [0, 0.1) is 0 Å². The summed E-state index contributed by atoms with van der Waals surface area (Å²) in [6.07, 6.45) is 7.78. The molecule has 1 aliphatic rings. The summed E-state index contributed by atoms with van der Waals surface area (Å²) >= 11 is 0. The number of pyridine rings is 1. The second kappa shape index (κ2) is 8.57. The van der Waals surface area contributed by atoms with Crippen LogP contribution in [-0.2, 0) is 0 Å². The van der Waals surface area contributed by atoms with E-state index in [2.05, 4.69) is 53.3 Å². The summed E-state index contributed by atoms with van der Waals surface area (Å²) in [5.74, 6) is 0. The zero-order chi connectivity index (χ0) is 13.8. The summed E-state index contributed by atoms with van der Waals surface area (Å²) in [6.45, 7) is 1.76. The smallest absolute Gasteiger partial charge is 0.0668 e. The van der Waals surface area contributed by atoms with Gasteiger partial charge in [0.1, 0.15) is 0 Å². The Morgan fingerprint density at radius 1 is 1.05 bits per heavy atom. The molecule has 2 heterocycles. The number of anilines is 1. The van der Waals surface area contributed by atoms with Gasteiger partial charge in [-0.3, -0.25) is 9.98 Å². The van der Waals surface area contributed by atoms with Gasteiger partial charge in [0.25, 0.3) is 0 Å². The van der Waals surface area contributed by atoms with Crippen molar-refractivity contribution in [1.29, 1.82) is 0 Å². The molecule has 22 heavy (non-hydrogen) atoms. The first kappa shape index (κ1) is 18.2. The summed E-state index contributed by atoms with van der Waals surface area (Å²) in [6, 6.07) is 12.4. The quantitative estimate of drug-likeness (QED) is 0.833. The Morgan fingerprint density at radius 3 is 2.64 bits per heavy atom. The number of fused-ring (bicyclic) bond motifs is 1. The van der Waals surface area contributed by atoms with E-state index < -0.39 is 0 Å². The van der Waals surface area contributed by atoms with Gasteiger partial charge in [-0.15, -0.1) is 24.8 Å². The molecule has 1 aliphatic heterocycles. The maximum Gasteiger partial charge on any atom is 0.0668 e. The molecule has 0 aliphatic carbocycles. The van der Waals surface area contributed by atoms with E-state index in [0.717, 1.165) is 24.4 Å². The number of benzodiazepines with no additional fused rings is 1. The topological polar surface area (TPSA) is 28.5 Å². The molecule has 5 heteroatoms. The molecule has 0 saturated heterocycles. The molecule has 0 unspecified atom stereocenters. The zero-order valence-electron chi connectivity index (χ0n) is 12.3. The van der Waals surface area contributed by atoms with E-state index in [4.69, 9.17) is 4.99 Å². The molecule has 0 atom stereocenters. The van der Waals surface area contributed by atoms with Crippen LogP contribution in [0.3, 0.4) is 0 Å². The maximum absolute atomic E-state index is 4.70. The Hall–Kier alpha value is -1.84. The highest BCUT2D eigenvalue weighted by Gasteiger charge is 2.13. The van der Waals surface area contributed by atoms with E-state index >= 15 is 0 Å². The summed E-state index contributed by atoms with van der Waals surface area (Å²) in [5.41, 5.74) is 4.55. The molecule has 0 amide bonds. The fourth-order valence-corrected chi connectivity index (χ4v) is 2.34. The third kappa shape index (κ3) is 4.09. The van der Waals surface area contributed by atoms with Gasteiger partial charge in [-0.05, 0) is 23.8 Å². The number of halogens is 2. The number of hydrogen-bond donors (Lipinski definition) is 0. The van der Waals surface area contributed by atoms with Gasteiger partial charge in [0, 0.05) is 37.2 Å². The van der Waals surface area contributed by atoms with Crippen molar-refractivity contribution in [2.75, 3.05) is 25.0 Å². The molecule has 1 aromatic heterocycles. The molecule has 0 radical (unpaired) electrons. The molecule has 3 nitrogen and oxygen atoms in total. The van der Waals surface area contributed by atoms with E-state index in [9.17, 15) is 0 Å². The average Bonchev–Trinajstić information content (AvgIpc) is 2.66. The molecular weight excluding hydrogens is 317 g/mol. The molecule has 0 spiro atoms. The highest BCUT2D eigenvalue weighted by Crippen LogP contribution is 2.22. The SMILES string of the molecule is CN1CCN=C(C=Cc2cccnc2)c2ccccc21.Cl.Cl. The van der Waals surface area contributed by atoms with E-state index in [-0.39, 0.29) is 24.8 Å². The monoisotopic (exact) mass is 335 g/mol. The van der Waals surface area contributed by atoms with Crippen molar-refractivity contribution >= 4 is 42.3 Å². The number of allylic oxidation sites excluding steroid dienone is 1. The maximum atomic E-state index is 4.70. The van der Waals surface area contributed by atoms with E-state index in [1.165, 1.54) is 11.3 Å². The number of para-hydroxylation sites is 1. The fourth-order valence-electron chi connectivity index (χ4n) is 2.34. The highest BCUT2D eigenvalue weighted by atomic mass is 35.5. The Balaban J connectivity index is 0.00000121. The van der Waals surface area contributed by atoms with E-state index in [1.807, 2.05) is 18.3 Å². The normalized spacial score (nSPS) is 13.5. The summed E-state index contributed by atoms with van der Waals surface area (Å²) < 4.78 is 0. The summed E-state index contributed by atoms with van der Waals surface area (Å²) in [5, 5.41) is 0. The van der Waals surface area contributed by atoms with Crippen molar-refractivity contribution in [2.24, 2.45) is 4.99 Å². The van der Waals surface area contributed by atoms with Crippen LogP contribution in [0.2, 0.25) is 0 Å². The fraction of sp³-hybridized carbons (Fsp3) is 0.176. The molecule has 0 N–H and O–H groups in total. The van der Waals surface area contributed by atoms with Crippen molar-refractivity contribution in [1.82, 2.24) is 4.98 Å². The van der Waals surface area contributed by atoms with Gasteiger partial charge >= 0.3 is 0 Å². The van der Waals surface area contributed by atoms with Crippen LogP contribution >= 0.6 is 24.8 Å². The zero-order valence-corrected chi connectivity index (χ0v) is 14.0. The standard InChI is InChI=1S/C17H17N3.2ClH/c1-20-12-11-19-16(15-6-2-3-7-17(15)20)9-8-14-5-4-10-18-13-14;;/h2-10,13H,11-12H2,1H3;2*1H. The molecule has 0 saturated carbocycles. The van der Waals surface area contributed by atoms with Crippen LogP contribution in [-0.4, -0.2) is 30.8 Å². The molecule has 0 bridgehead atoms. The lowest BCUT2D eigenvalue weighted by Crippen LogP contribution is -2.20. The van der Waals surface area contributed by atoms with Crippen molar-refractivity contribution in [2.45, 2.75) is 0 Å². The largest absolute Gasteiger partial charge is 0.372 e. The van der Waals surface area contributed by atoms with Gasteiger partial charge in [-0.2, -0.15) is 0 Å². The van der Waals surface area contributed by atoms with Crippen LogP contribution in [0.4, 0.5) is 5.69 Å². The predicted molar refractivity (Wildman–Crippen MR) is 98.9 cm³/mol. The van der Waals surface area contributed by atoms with Crippen LogP contribution < -0.4 is 4.90 Å². The lowest BCUT2D eigenvalue weighted by Gasteiger charge is -2.18. The lowest BCUT2D eigenvalue weighted by atomic mass is 10.1. The van der Waals surface area contributed by atoms with Crippen LogP contribution in [0.5, 0.6) is 0 Å². The van der Waals surface area contributed by atoms with Crippen LogP contribution in [0.1, 0.15) is 11.1 Å². The molecular formula is C17H19Cl2N3. The Bertz CT molecular complexity index is 654. The van der Waals surface area contributed by atoms with Gasteiger partial charge in [0.2, 0.25) is 0 Å². The van der Waals surface area contributed by atoms with E-state index in [1.54, 1.807) is 6.20 Å². The highest BCUT2D eigenvalue weighted by molar-refractivity contribution is 6.14. The van der Waals surface area contributed by atoms with Crippen LogP contribution in [0.15, 0.2) is 59.9 Å². The number of likely N-dealkylation sites (N-methyl/N-ethyl adjacent to an activating group) is 1. The van der Waals surface area contributed by atoms with Crippen molar-refractivity contribution < 1.29 is 0 Å². The van der Waals surface area contributed by atoms with Gasteiger partial charge < -0.3 is 4.90 Å². The Morgan fingerprint density at radius 2 is 1.86 bits per heavy atom. The lowest BCUT2D eigenvalue weighted by molar-refractivity contribution is 0.897. The van der Waals surface area contributed by atoms with Crippen molar-refractivity contribution in [3.8, 4) is 0 Å². The minimum atomic E-state index is 0. The number of aromatic nitrogens is 1.